The van der Waals surface area contributed by atoms with Gasteiger partial charge in [-0.2, -0.15) is 0 Å². The van der Waals surface area contributed by atoms with Crippen LogP contribution >= 0.6 is 11.6 Å². The van der Waals surface area contributed by atoms with Crippen LogP contribution < -0.4 is 5.73 Å². The van der Waals surface area contributed by atoms with Crippen molar-refractivity contribution in [2.75, 3.05) is 33.2 Å². The highest BCUT2D eigenvalue weighted by molar-refractivity contribution is 6.30. The monoisotopic (exact) mass is 254 g/mol. The lowest BCUT2D eigenvalue weighted by molar-refractivity contribution is 0.0870. The van der Waals surface area contributed by atoms with Gasteiger partial charge in [-0.25, -0.2) is 0 Å². The molecule has 1 aliphatic heterocycles. The Bertz CT molecular complexity index is 371. The van der Waals surface area contributed by atoms with Gasteiger partial charge in [0.2, 0.25) is 0 Å². The van der Waals surface area contributed by atoms with E-state index < -0.39 is 0 Å². The Balaban J connectivity index is 2.02. The largest absolute Gasteiger partial charge is 0.329 e. The van der Waals surface area contributed by atoms with E-state index in [1.165, 1.54) is 0 Å². The molecule has 1 aliphatic rings. The lowest BCUT2D eigenvalue weighted by Gasteiger charge is -2.39. The molecule has 0 bridgehead atoms. The highest BCUT2D eigenvalue weighted by Crippen LogP contribution is 2.14. The first kappa shape index (κ1) is 12.8. The highest BCUT2D eigenvalue weighted by atomic mass is 35.5. The SMILES string of the molecule is CN1CCN(Cc2cc(Cl)ccn2)C(CN)C1. The van der Waals surface area contributed by atoms with Gasteiger partial charge in [0.25, 0.3) is 0 Å². The Morgan fingerprint density at radius 3 is 3.06 bits per heavy atom. The van der Waals surface area contributed by atoms with Crippen LogP contribution in [-0.4, -0.2) is 54.1 Å². The molecule has 17 heavy (non-hydrogen) atoms. The summed E-state index contributed by atoms with van der Waals surface area (Å²) in [5, 5.41) is 0.744. The maximum Gasteiger partial charge on any atom is 0.0558 e. The molecular weight excluding hydrogens is 236 g/mol. The topological polar surface area (TPSA) is 45.4 Å². The minimum Gasteiger partial charge on any atom is -0.329 e. The summed E-state index contributed by atoms with van der Waals surface area (Å²) in [6.45, 7) is 4.65. The number of likely N-dealkylation sites (N-methyl/N-ethyl adjacent to an activating group) is 1. The molecule has 2 heterocycles. The van der Waals surface area contributed by atoms with E-state index in [-0.39, 0.29) is 0 Å². The summed E-state index contributed by atoms with van der Waals surface area (Å²) in [6, 6.07) is 4.14. The van der Waals surface area contributed by atoms with Crippen LogP contribution in [0.25, 0.3) is 0 Å². The first-order chi connectivity index (χ1) is 8.19. The van der Waals surface area contributed by atoms with E-state index in [1.807, 2.05) is 6.07 Å². The van der Waals surface area contributed by atoms with Crippen molar-refractivity contribution in [1.82, 2.24) is 14.8 Å². The fourth-order valence-electron chi connectivity index (χ4n) is 2.22. The van der Waals surface area contributed by atoms with E-state index in [0.29, 0.717) is 12.6 Å². The van der Waals surface area contributed by atoms with Crippen LogP contribution in [0.1, 0.15) is 5.69 Å². The molecule has 2 N–H and O–H groups in total. The maximum absolute atomic E-state index is 5.96. The van der Waals surface area contributed by atoms with Crippen molar-refractivity contribution in [3.63, 3.8) is 0 Å². The number of rotatable bonds is 3. The van der Waals surface area contributed by atoms with Crippen LogP contribution in [0.5, 0.6) is 0 Å². The molecule has 1 aromatic heterocycles. The number of nitrogens with two attached hydrogens (primary N) is 1. The van der Waals surface area contributed by atoms with E-state index in [0.717, 1.165) is 36.9 Å². The third-order valence-corrected chi connectivity index (χ3v) is 3.46. The van der Waals surface area contributed by atoms with Crippen molar-refractivity contribution < 1.29 is 0 Å². The van der Waals surface area contributed by atoms with Crippen molar-refractivity contribution in [3.05, 3.63) is 29.0 Å². The average Bonchev–Trinajstić information content (AvgIpc) is 2.31. The number of halogens is 1. The summed E-state index contributed by atoms with van der Waals surface area (Å²) in [4.78, 5) is 9.05. The first-order valence-corrected chi connectivity index (χ1v) is 6.30. The quantitative estimate of drug-likeness (QED) is 0.867. The minimum absolute atomic E-state index is 0.412. The second-order valence-corrected chi connectivity index (χ2v) is 5.02. The molecule has 0 aromatic carbocycles. The van der Waals surface area contributed by atoms with Crippen molar-refractivity contribution in [1.29, 1.82) is 0 Å². The molecular formula is C12H19ClN4. The Kier molecular flexibility index (Phi) is 4.34. The molecule has 5 heteroatoms. The maximum atomic E-state index is 5.96. The smallest absolute Gasteiger partial charge is 0.0558 e. The zero-order valence-corrected chi connectivity index (χ0v) is 10.9. The molecule has 0 spiro atoms. The standard InChI is InChI=1S/C12H19ClN4/c1-16-4-5-17(12(7-14)9-16)8-11-6-10(13)2-3-15-11/h2-3,6,12H,4-5,7-9,14H2,1H3. The van der Waals surface area contributed by atoms with Gasteiger partial charge in [0.15, 0.2) is 0 Å². The van der Waals surface area contributed by atoms with Gasteiger partial charge in [0, 0.05) is 50.0 Å². The Morgan fingerprint density at radius 1 is 1.53 bits per heavy atom. The molecule has 0 amide bonds. The number of piperazine rings is 1. The van der Waals surface area contributed by atoms with Gasteiger partial charge in [-0.05, 0) is 19.2 Å². The van der Waals surface area contributed by atoms with Gasteiger partial charge < -0.3 is 10.6 Å². The normalized spacial score (nSPS) is 22.9. The van der Waals surface area contributed by atoms with Gasteiger partial charge >= 0.3 is 0 Å². The molecule has 1 atom stereocenters. The van der Waals surface area contributed by atoms with E-state index in [1.54, 1.807) is 12.3 Å². The second-order valence-electron chi connectivity index (χ2n) is 4.59. The number of pyridine rings is 1. The molecule has 2 rings (SSSR count). The minimum atomic E-state index is 0.412. The van der Waals surface area contributed by atoms with Gasteiger partial charge in [-0.3, -0.25) is 9.88 Å². The van der Waals surface area contributed by atoms with Gasteiger partial charge in [0.05, 0.1) is 5.69 Å². The first-order valence-electron chi connectivity index (χ1n) is 5.92. The number of aromatic nitrogens is 1. The van der Waals surface area contributed by atoms with Crippen molar-refractivity contribution in [3.8, 4) is 0 Å². The zero-order chi connectivity index (χ0) is 12.3. The molecule has 94 valence electrons. The Labute approximate surface area is 107 Å². The third-order valence-electron chi connectivity index (χ3n) is 3.22. The summed E-state index contributed by atoms with van der Waals surface area (Å²) in [7, 11) is 2.14. The molecule has 0 radical (unpaired) electrons. The van der Waals surface area contributed by atoms with E-state index in [9.17, 15) is 0 Å². The third kappa shape index (κ3) is 3.39. The van der Waals surface area contributed by atoms with E-state index in [2.05, 4.69) is 21.8 Å². The zero-order valence-electron chi connectivity index (χ0n) is 10.1. The number of nitrogens with zero attached hydrogens (tertiary/aromatic N) is 3. The molecule has 1 unspecified atom stereocenters. The van der Waals surface area contributed by atoms with Crippen LogP contribution in [0.2, 0.25) is 5.02 Å². The highest BCUT2D eigenvalue weighted by Gasteiger charge is 2.24. The summed E-state index contributed by atoms with van der Waals surface area (Å²) >= 11 is 5.96. The Morgan fingerprint density at radius 2 is 2.35 bits per heavy atom. The molecule has 0 aliphatic carbocycles. The second kappa shape index (κ2) is 5.78. The predicted molar refractivity (Wildman–Crippen MR) is 70.0 cm³/mol. The lowest BCUT2D eigenvalue weighted by atomic mass is 10.1. The Hall–Kier alpha value is -0.680. The molecule has 1 fully saturated rings. The number of hydrogen-bond donors (Lipinski definition) is 1. The van der Waals surface area contributed by atoms with Gasteiger partial charge in [0.1, 0.15) is 0 Å². The summed E-state index contributed by atoms with van der Waals surface area (Å²) in [5.41, 5.74) is 6.84. The van der Waals surface area contributed by atoms with Gasteiger partial charge in [-0.15, -0.1) is 0 Å². The predicted octanol–water partition coefficient (Wildman–Crippen LogP) is 0.810. The summed E-state index contributed by atoms with van der Waals surface area (Å²) in [6.07, 6.45) is 1.76. The summed E-state index contributed by atoms with van der Waals surface area (Å²) < 4.78 is 0. The summed E-state index contributed by atoms with van der Waals surface area (Å²) in [5.74, 6) is 0. The van der Waals surface area contributed by atoms with Crippen LogP contribution in [0.4, 0.5) is 0 Å². The lowest BCUT2D eigenvalue weighted by Crippen LogP contribution is -2.54. The van der Waals surface area contributed by atoms with Crippen LogP contribution in [0.15, 0.2) is 18.3 Å². The van der Waals surface area contributed by atoms with E-state index in [4.69, 9.17) is 17.3 Å². The average molecular weight is 255 g/mol. The van der Waals surface area contributed by atoms with Crippen LogP contribution in [0, 0.1) is 0 Å². The van der Waals surface area contributed by atoms with E-state index >= 15 is 0 Å². The van der Waals surface area contributed by atoms with Crippen molar-refractivity contribution >= 4 is 11.6 Å². The van der Waals surface area contributed by atoms with Gasteiger partial charge in [-0.1, -0.05) is 11.6 Å². The number of hydrogen-bond acceptors (Lipinski definition) is 4. The van der Waals surface area contributed by atoms with Crippen LogP contribution in [-0.2, 0) is 6.54 Å². The molecule has 0 saturated carbocycles. The van der Waals surface area contributed by atoms with Crippen LogP contribution in [0.3, 0.4) is 0 Å². The molecule has 1 saturated heterocycles. The molecule has 4 nitrogen and oxygen atoms in total. The fraction of sp³-hybridized carbons (Fsp3) is 0.583. The van der Waals surface area contributed by atoms with Crippen molar-refractivity contribution in [2.24, 2.45) is 5.73 Å². The fourth-order valence-corrected chi connectivity index (χ4v) is 2.41. The molecule has 1 aromatic rings. The van der Waals surface area contributed by atoms with Crippen molar-refractivity contribution in [2.45, 2.75) is 12.6 Å².